The summed E-state index contributed by atoms with van der Waals surface area (Å²) in [7, 11) is 3.82. The average molecular weight is 298 g/mol. The van der Waals surface area contributed by atoms with Gasteiger partial charge in [0, 0.05) is 17.3 Å². The Kier molecular flexibility index (Phi) is 5.54. The Labute approximate surface area is 124 Å². The van der Waals surface area contributed by atoms with Crippen molar-refractivity contribution in [2.24, 2.45) is 0 Å². The number of esters is 1. The van der Waals surface area contributed by atoms with E-state index in [9.17, 15) is 9.18 Å². The van der Waals surface area contributed by atoms with Gasteiger partial charge in [-0.3, -0.25) is 0 Å². The minimum atomic E-state index is -0.602. The number of ether oxygens (including phenoxy) is 2. The highest BCUT2D eigenvalue weighted by Crippen LogP contribution is 2.26. The van der Waals surface area contributed by atoms with Crippen LogP contribution in [0.25, 0.3) is 0 Å². The lowest BCUT2D eigenvalue weighted by Crippen LogP contribution is -2.43. The Hall–Kier alpha value is -1.82. The van der Waals surface area contributed by atoms with Crippen molar-refractivity contribution >= 4 is 11.7 Å². The molecule has 0 saturated carbocycles. The largest absolute Gasteiger partial charge is 0.489 e. The summed E-state index contributed by atoms with van der Waals surface area (Å²) < 4.78 is 24.3. The van der Waals surface area contributed by atoms with E-state index in [4.69, 9.17) is 15.2 Å². The van der Waals surface area contributed by atoms with Crippen LogP contribution in [-0.2, 0) is 4.74 Å². The molecule has 0 aliphatic heterocycles. The Morgan fingerprint density at radius 2 is 2.00 bits per heavy atom. The zero-order valence-electron chi connectivity index (χ0n) is 13.2. The van der Waals surface area contributed by atoms with Gasteiger partial charge in [0.25, 0.3) is 0 Å². The van der Waals surface area contributed by atoms with Crippen molar-refractivity contribution in [1.82, 2.24) is 4.90 Å². The predicted octanol–water partition coefficient (Wildman–Crippen LogP) is 2.30. The molecule has 2 N–H and O–H groups in total. The maximum Gasteiger partial charge on any atom is 0.340 e. The van der Waals surface area contributed by atoms with E-state index in [0.717, 1.165) is 6.07 Å². The van der Waals surface area contributed by atoms with Crippen LogP contribution in [0.1, 0.15) is 31.1 Å². The number of carbonyl (C=O) groups excluding carboxylic acids is 1. The molecule has 0 radical (unpaired) electrons. The minimum Gasteiger partial charge on any atom is -0.489 e. The molecule has 0 heterocycles. The fraction of sp³-hybridized carbons (Fsp3) is 0.533. The molecular weight excluding hydrogens is 275 g/mol. The van der Waals surface area contributed by atoms with Gasteiger partial charge in [-0.25, -0.2) is 9.18 Å². The number of benzene rings is 1. The molecule has 0 aliphatic rings. The maximum atomic E-state index is 13.9. The first-order valence-electron chi connectivity index (χ1n) is 6.75. The number of rotatable bonds is 6. The lowest BCUT2D eigenvalue weighted by Gasteiger charge is -2.32. The van der Waals surface area contributed by atoms with E-state index in [1.54, 1.807) is 6.92 Å². The van der Waals surface area contributed by atoms with Gasteiger partial charge in [0.1, 0.15) is 6.61 Å². The molecule has 0 unspecified atom stereocenters. The number of carbonyl (C=O) groups is 1. The second-order valence-electron chi connectivity index (χ2n) is 5.59. The number of hydrogen-bond acceptors (Lipinski definition) is 5. The molecule has 0 spiro atoms. The highest BCUT2D eigenvalue weighted by molar-refractivity contribution is 5.95. The van der Waals surface area contributed by atoms with Gasteiger partial charge in [0.2, 0.25) is 0 Å². The summed E-state index contributed by atoms with van der Waals surface area (Å²) in [4.78, 5) is 13.7. The zero-order valence-corrected chi connectivity index (χ0v) is 13.2. The molecule has 0 amide bonds. The topological polar surface area (TPSA) is 64.8 Å². The molecule has 1 aromatic rings. The van der Waals surface area contributed by atoms with E-state index in [2.05, 4.69) is 0 Å². The molecule has 0 aliphatic carbocycles. The Morgan fingerprint density at radius 1 is 1.38 bits per heavy atom. The van der Waals surface area contributed by atoms with E-state index >= 15 is 0 Å². The van der Waals surface area contributed by atoms with Crippen molar-refractivity contribution in [3.8, 4) is 5.75 Å². The van der Waals surface area contributed by atoms with Gasteiger partial charge in [0.05, 0.1) is 12.2 Å². The van der Waals surface area contributed by atoms with Gasteiger partial charge >= 0.3 is 5.97 Å². The lowest BCUT2D eigenvalue weighted by molar-refractivity contribution is 0.0526. The Bertz CT molecular complexity index is 516. The predicted molar refractivity (Wildman–Crippen MR) is 80.0 cm³/mol. The van der Waals surface area contributed by atoms with Gasteiger partial charge < -0.3 is 20.1 Å². The summed E-state index contributed by atoms with van der Waals surface area (Å²) in [6, 6.07) is 2.36. The third-order valence-corrected chi connectivity index (χ3v) is 3.39. The zero-order chi connectivity index (χ0) is 16.2. The number of anilines is 1. The van der Waals surface area contributed by atoms with Gasteiger partial charge in [-0.05, 0) is 40.9 Å². The molecule has 118 valence electrons. The first kappa shape index (κ1) is 17.2. The average Bonchev–Trinajstić information content (AvgIpc) is 2.37. The van der Waals surface area contributed by atoms with E-state index in [1.807, 2.05) is 32.8 Å². The smallest absolute Gasteiger partial charge is 0.340 e. The first-order chi connectivity index (χ1) is 9.69. The number of hydrogen-bond donors (Lipinski definition) is 1. The van der Waals surface area contributed by atoms with Crippen LogP contribution in [0.15, 0.2) is 12.1 Å². The number of nitrogens with zero attached hydrogens (tertiary/aromatic N) is 1. The number of halogens is 1. The van der Waals surface area contributed by atoms with E-state index in [0.29, 0.717) is 0 Å². The van der Waals surface area contributed by atoms with Gasteiger partial charge in [-0.2, -0.15) is 0 Å². The fourth-order valence-corrected chi connectivity index (χ4v) is 1.45. The van der Waals surface area contributed by atoms with Crippen molar-refractivity contribution in [2.45, 2.75) is 26.3 Å². The van der Waals surface area contributed by atoms with Gasteiger partial charge in [-0.15, -0.1) is 0 Å². The molecule has 0 fully saturated rings. The van der Waals surface area contributed by atoms with Crippen LogP contribution >= 0.6 is 0 Å². The van der Waals surface area contributed by atoms with E-state index in [-0.39, 0.29) is 35.8 Å². The van der Waals surface area contributed by atoms with Crippen LogP contribution in [0.2, 0.25) is 0 Å². The van der Waals surface area contributed by atoms with E-state index < -0.39 is 11.8 Å². The quantitative estimate of drug-likeness (QED) is 0.645. The highest BCUT2D eigenvalue weighted by atomic mass is 19.1. The molecule has 0 bridgehead atoms. The highest BCUT2D eigenvalue weighted by Gasteiger charge is 2.23. The number of nitrogens with two attached hydrogens (primary N) is 1. The molecule has 0 atom stereocenters. The molecule has 6 heteroatoms. The standard InChI is InChI=1S/C15H23FN2O3/c1-6-20-14(19)10-7-13(11(16)8-12(10)17)21-9-15(2,3)18(4)5/h7-8H,6,9,17H2,1-5H3. The Morgan fingerprint density at radius 3 is 2.52 bits per heavy atom. The minimum absolute atomic E-state index is 0.0119. The van der Waals surface area contributed by atoms with Crippen molar-refractivity contribution in [3.05, 3.63) is 23.5 Å². The number of likely N-dealkylation sites (N-methyl/N-ethyl adjacent to an activating group) is 1. The number of nitrogen functional groups attached to an aromatic ring is 1. The second-order valence-corrected chi connectivity index (χ2v) is 5.59. The molecular formula is C15H23FN2O3. The fourth-order valence-electron chi connectivity index (χ4n) is 1.45. The third kappa shape index (κ3) is 4.32. The van der Waals surface area contributed by atoms with Crippen LogP contribution in [-0.4, -0.2) is 43.7 Å². The molecule has 0 saturated heterocycles. The van der Waals surface area contributed by atoms with Crippen LogP contribution in [0, 0.1) is 5.82 Å². The van der Waals surface area contributed by atoms with Crippen molar-refractivity contribution in [1.29, 1.82) is 0 Å². The van der Waals surface area contributed by atoms with Crippen molar-refractivity contribution < 1.29 is 18.7 Å². The summed E-state index contributed by atoms with van der Waals surface area (Å²) in [5, 5.41) is 0. The molecule has 1 rings (SSSR count). The van der Waals surface area contributed by atoms with Crippen LogP contribution in [0.3, 0.4) is 0 Å². The maximum absolute atomic E-state index is 13.9. The van der Waals surface area contributed by atoms with Crippen molar-refractivity contribution in [2.75, 3.05) is 33.0 Å². The molecule has 21 heavy (non-hydrogen) atoms. The van der Waals surface area contributed by atoms with E-state index in [1.165, 1.54) is 6.07 Å². The summed E-state index contributed by atoms with van der Waals surface area (Å²) in [6.45, 7) is 6.11. The summed E-state index contributed by atoms with van der Waals surface area (Å²) in [6.07, 6.45) is 0. The van der Waals surface area contributed by atoms with Crippen LogP contribution in [0.4, 0.5) is 10.1 Å². The molecule has 1 aromatic carbocycles. The lowest BCUT2D eigenvalue weighted by atomic mass is 10.1. The normalized spacial score (nSPS) is 11.6. The first-order valence-corrected chi connectivity index (χ1v) is 6.75. The molecule has 0 aromatic heterocycles. The summed E-state index contributed by atoms with van der Waals surface area (Å²) in [5.74, 6) is -1.20. The van der Waals surface area contributed by atoms with Crippen molar-refractivity contribution in [3.63, 3.8) is 0 Å². The Balaban J connectivity index is 2.98. The third-order valence-electron chi connectivity index (χ3n) is 3.39. The van der Waals surface area contributed by atoms with Crippen LogP contribution < -0.4 is 10.5 Å². The summed E-state index contributed by atoms with van der Waals surface area (Å²) >= 11 is 0. The van der Waals surface area contributed by atoms with Crippen LogP contribution in [0.5, 0.6) is 5.75 Å². The molecule has 5 nitrogen and oxygen atoms in total. The SMILES string of the molecule is CCOC(=O)c1cc(OCC(C)(C)N(C)C)c(F)cc1N. The second kappa shape index (κ2) is 6.76. The van der Waals surface area contributed by atoms with Gasteiger partial charge in [-0.1, -0.05) is 0 Å². The summed E-state index contributed by atoms with van der Waals surface area (Å²) in [5.41, 5.74) is 5.51. The van der Waals surface area contributed by atoms with Gasteiger partial charge in [0.15, 0.2) is 11.6 Å². The monoisotopic (exact) mass is 298 g/mol.